The van der Waals surface area contributed by atoms with Crippen molar-refractivity contribution in [1.82, 2.24) is 14.9 Å². The highest BCUT2D eigenvalue weighted by atomic mass is 16.2. The van der Waals surface area contributed by atoms with Crippen molar-refractivity contribution in [2.45, 2.75) is 20.3 Å². The number of anilines is 2. The summed E-state index contributed by atoms with van der Waals surface area (Å²) < 4.78 is 0. The van der Waals surface area contributed by atoms with Gasteiger partial charge in [0.2, 0.25) is 11.9 Å². The molecule has 1 fully saturated rings. The molecule has 0 radical (unpaired) electrons. The van der Waals surface area contributed by atoms with Crippen LogP contribution in [0.2, 0.25) is 0 Å². The molecule has 0 unspecified atom stereocenters. The van der Waals surface area contributed by atoms with Gasteiger partial charge >= 0.3 is 0 Å². The van der Waals surface area contributed by atoms with Crippen molar-refractivity contribution in [3.63, 3.8) is 0 Å². The van der Waals surface area contributed by atoms with Crippen LogP contribution < -0.4 is 10.2 Å². The molecule has 0 aliphatic carbocycles. The smallest absolute Gasteiger partial charge is 0.238 e. The number of hydrogen-bond acceptors (Lipinski definition) is 5. The lowest BCUT2D eigenvalue weighted by molar-refractivity contribution is -0.117. The van der Waals surface area contributed by atoms with Gasteiger partial charge in [0.25, 0.3) is 0 Å². The summed E-state index contributed by atoms with van der Waals surface area (Å²) in [6.45, 7) is 7.90. The Hall–Kier alpha value is -2.47. The average molecular weight is 339 g/mol. The summed E-state index contributed by atoms with van der Waals surface area (Å²) in [6, 6.07) is 7.96. The van der Waals surface area contributed by atoms with Crippen LogP contribution in [0.4, 0.5) is 11.6 Å². The number of amides is 1. The summed E-state index contributed by atoms with van der Waals surface area (Å²) in [4.78, 5) is 25.4. The van der Waals surface area contributed by atoms with Crippen LogP contribution in [0.3, 0.4) is 0 Å². The highest BCUT2D eigenvalue weighted by molar-refractivity contribution is 5.93. The molecule has 1 aliphatic rings. The third-order valence-corrected chi connectivity index (χ3v) is 4.58. The number of carbonyl (C=O) groups excluding carboxylic acids is 1. The second kappa shape index (κ2) is 8.07. The molecule has 6 nitrogen and oxygen atoms in total. The Morgan fingerprint density at radius 1 is 1.12 bits per heavy atom. The highest BCUT2D eigenvalue weighted by Gasteiger charge is 2.20. The normalized spacial score (nSPS) is 15.2. The largest absolute Gasteiger partial charge is 0.338 e. The van der Waals surface area contributed by atoms with E-state index in [1.807, 2.05) is 25.1 Å². The number of rotatable bonds is 5. The fourth-order valence-electron chi connectivity index (χ4n) is 3.14. The molecule has 132 valence electrons. The first kappa shape index (κ1) is 17.4. The average Bonchev–Trinajstić information content (AvgIpc) is 2.65. The molecule has 1 aromatic carbocycles. The van der Waals surface area contributed by atoms with Crippen LogP contribution in [0.1, 0.15) is 18.1 Å². The number of aryl methyl sites for hydroxylation is 2. The van der Waals surface area contributed by atoms with E-state index in [1.54, 1.807) is 12.4 Å². The Morgan fingerprint density at radius 2 is 1.84 bits per heavy atom. The minimum Gasteiger partial charge on any atom is -0.338 e. The Labute approximate surface area is 148 Å². The van der Waals surface area contributed by atoms with Crippen LogP contribution >= 0.6 is 0 Å². The van der Waals surface area contributed by atoms with Crippen LogP contribution in [0.15, 0.2) is 36.7 Å². The summed E-state index contributed by atoms with van der Waals surface area (Å²) in [5.41, 5.74) is 3.25. The minimum absolute atomic E-state index is 0.0495. The molecule has 3 rings (SSSR count). The van der Waals surface area contributed by atoms with E-state index in [0.717, 1.165) is 49.8 Å². The van der Waals surface area contributed by atoms with Crippen LogP contribution in [-0.2, 0) is 11.2 Å². The van der Waals surface area contributed by atoms with Crippen LogP contribution in [0, 0.1) is 6.92 Å². The number of benzene rings is 1. The Bertz CT molecular complexity index is 711. The van der Waals surface area contributed by atoms with E-state index in [9.17, 15) is 4.79 Å². The van der Waals surface area contributed by atoms with Crippen molar-refractivity contribution >= 4 is 17.5 Å². The Balaban J connectivity index is 1.53. The molecule has 6 heteroatoms. The molecular weight excluding hydrogens is 314 g/mol. The van der Waals surface area contributed by atoms with Crippen molar-refractivity contribution in [2.24, 2.45) is 0 Å². The van der Waals surface area contributed by atoms with Gasteiger partial charge in [-0.15, -0.1) is 0 Å². The first-order valence-corrected chi connectivity index (χ1v) is 8.80. The number of hydrogen-bond donors (Lipinski definition) is 1. The van der Waals surface area contributed by atoms with Crippen LogP contribution in [0.25, 0.3) is 0 Å². The van der Waals surface area contributed by atoms with Gasteiger partial charge in [-0.1, -0.05) is 25.1 Å². The number of aromatic nitrogens is 2. The van der Waals surface area contributed by atoms with E-state index < -0.39 is 0 Å². The fraction of sp³-hybridized carbons (Fsp3) is 0.421. The molecule has 1 N–H and O–H groups in total. The van der Waals surface area contributed by atoms with Crippen LogP contribution in [0.5, 0.6) is 0 Å². The van der Waals surface area contributed by atoms with Crippen LogP contribution in [-0.4, -0.2) is 53.5 Å². The van der Waals surface area contributed by atoms with Gasteiger partial charge < -0.3 is 10.2 Å². The molecule has 2 aromatic rings. The summed E-state index contributed by atoms with van der Waals surface area (Å²) in [6.07, 6.45) is 4.43. The van der Waals surface area contributed by atoms with Crippen molar-refractivity contribution in [1.29, 1.82) is 0 Å². The predicted octanol–water partition coefficient (Wildman–Crippen LogP) is 2.11. The van der Waals surface area contributed by atoms with Gasteiger partial charge in [0.15, 0.2) is 0 Å². The van der Waals surface area contributed by atoms with Crippen molar-refractivity contribution < 1.29 is 4.79 Å². The summed E-state index contributed by atoms with van der Waals surface area (Å²) in [5.74, 6) is 0.813. The SMILES string of the molecule is CCc1cccc(C)c1NC(=O)CN1CCN(c2ncccn2)CC1. The van der Waals surface area contributed by atoms with Gasteiger partial charge in [0.05, 0.1) is 6.54 Å². The standard InChI is InChI=1S/C19H25N5O/c1-3-16-7-4-6-15(2)18(16)22-17(25)14-23-10-12-24(13-11-23)19-20-8-5-9-21-19/h4-9H,3,10-14H2,1-2H3,(H,22,25). The topological polar surface area (TPSA) is 61.4 Å². The van der Waals surface area contributed by atoms with E-state index in [0.29, 0.717) is 6.54 Å². The minimum atomic E-state index is 0.0495. The highest BCUT2D eigenvalue weighted by Crippen LogP contribution is 2.21. The third kappa shape index (κ3) is 4.33. The molecular formula is C19H25N5O. The molecule has 0 atom stereocenters. The second-order valence-corrected chi connectivity index (χ2v) is 6.32. The van der Waals surface area contributed by atoms with Crippen molar-refractivity contribution in [3.8, 4) is 0 Å². The molecule has 1 saturated heterocycles. The number of piperazine rings is 1. The van der Waals surface area contributed by atoms with E-state index in [2.05, 4.69) is 38.1 Å². The predicted molar refractivity (Wildman–Crippen MR) is 99.9 cm³/mol. The molecule has 0 bridgehead atoms. The molecule has 25 heavy (non-hydrogen) atoms. The lowest BCUT2D eigenvalue weighted by Crippen LogP contribution is -2.49. The monoisotopic (exact) mass is 339 g/mol. The van der Waals surface area contributed by atoms with Gasteiger partial charge in [0.1, 0.15) is 0 Å². The summed E-state index contributed by atoms with van der Waals surface area (Å²) in [7, 11) is 0. The first-order chi connectivity index (χ1) is 12.2. The fourth-order valence-corrected chi connectivity index (χ4v) is 3.14. The molecule has 1 amide bonds. The van der Waals surface area contributed by atoms with Crippen molar-refractivity contribution in [2.75, 3.05) is 42.9 Å². The number of nitrogens with one attached hydrogen (secondary N) is 1. The molecule has 2 heterocycles. The maximum atomic E-state index is 12.5. The van der Waals surface area contributed by atoms with E-state index >= 15 is 0 Å². The quantitative estimate of drug-likeness (QED) is 0.904. The zero-order valence-electron chi connectivity index (χ0n) is 14.9. The lowest BCUT2D eigenvalue weighted by atomic mass is 10.1. The van der Waals surface area contributed by atoms with E-state index in [4.69, 9.17) is 0 Å². The Morgan fingerprint density at radius 3 is 2.52 bits per heavy atom. The summed E-state index contributed by atoms with van der Waals surface area (Å²) in [5, 5.41) is 3.10. The molecule has 1 aromatic heterocycles. The number of para-hydroxylation sites is 1. The lowest BCUT2D eigenvalue weighted by Gasteiger charge is -2.34. The van der Waals surface area contributed by atoms with Gasteiger partial charge in [-0.2, -0.15) is 0 Å². The van der Waals surface area contributed by atoms with Gasteiger partial charge in [-0.05, 0) is 30.5 Å². The molecule has 1 aliphatic heterocycles. The van der Waals surface area contributed by atoms with Gasteiger partial charge in [-0.3, -0.25) is 9.69 Å². The number of nitrogens with zero attached hydrogens (tertiary/aromatic N) is 4. The second-order valence-electron chi connectivity index (χ2n) is 6.32. The maximum Gasteiger partial charge on any atom is 0.238 e. The van der Waals surface area contributed by atoms with Gasteiger partial charge in [-0.25, -0.2) is 9.97 Å². The number of carbonyl (C=O) groups is 1. The molecule has 0 spiro atoms. The Kier molecular flexibility index (Phi) is 5.60. The maximum absolute atomic E-state index is 12.5. The summed E-state index contributed by atoms with van der Waals surface area (Å²) >= 11 is 0. The van der Waals surface area contributed by atoms with Crippen molar-refractivity contribution in [3.05, 3.63) is 47.8 Å². The van der Waals surface area contributed by atoms with E-state index in [1.165, 1.54) is 5.56 Å². The zero-order chi connectivity index (χ0) is 17.6. The third-order valence-electron chi connectivity index (χ3n) is 4.58. The van der Waals surface area contributed by atoms with Gasteiger partial charge in [0, 0.05) is 44.3 Å². The van der Waals surface area contributed by atoms with E-state index in [-0.39, 0.29) is 5.91 Å². The zero-order valence-corrected chi connectivity index (χ0v) is 14.9. The molecule has 0 saturated carbocycles. The first-order valence-electron chi connectivity index (χ1n) is 8.80.